The monoisotopic (exact) mass is 450 g/mol. The number of nitrogens with one attached hydrogen (secondary N) is 1. The SMILES string of the molecule is CN(C)S(=O)(=O)c1cc(C(=O)NCc2nc3ccccc3n2C)ccc1Br. The second kappa shape index (κ2) is 7.41. The molecule has 1 heterocycles. The molecule has 3 rings (SSSR count). The van der Waals surface area contributed by atoms with E-state index >= 15 is 0 Å². The van der Waals surface area contributed by atoms with Gasteiger partial charge in [-0.2, -0.15) is 0 Å². The summed E-state index contributed by atoms with van der Waals surface area (Å²) in [6.07, 6.45) is 0. The lowest BCUT2D eigenvalue weighted by Gasteiger charge is -2.14. The van der Waals surface area contributed by atoms with Crippen LogP contribution in [0.4, 0.5) is 0 Å². The van der Waals surface area contributed by atoms with Crippen LogP contribution in [-0.2, 0) is 23.6 Å². The molecule has 0 unspecified atom stereocenters. The van der Waals surface area contributed by atoms with Crippen LogP contribution in [0.5, 0.6) is 0 Å². The standard InChI is InChI=1S/C18H19BrN4O3S/c1-22(2)27(25,26)16-10-12(8-9-13(16)19)18(24)20-11-17-21-14-6-4-5-7-15(14)23(17)3/h4-10H,11H2,1-3H3,(H,20,24). The van der Waals surface area contributed by atoms with E-state index in [0.717, 1.165) is 15.3 Å². The number of aryl methyl sites for hydroxylation is 1. The van der Waals surface area contributed by atoms with E-state index in [4.69, 9.17) is 0 Å². The molecule has 9 heteroatoms. The van der Waals surface area contributed by atoms with Crippen molar-refractivity contribution in [3.63, 3.8) is 0 Å². The van der Waals surface area contributed by atoms with Crippen molar-refractivity contribution in [2.24, 2.45) is 7.05 Å². The van der Waals surface area contributed by atoms with Crippen molar-refractivity contribution in [1.82, 2.24) is 19.2 Å². The number of aromatic nitrogens is 2. The quantitative estimate of drug-likeness (QED) is 0.646. The summed E-state index contributed by atoms with van der Waals surface area (Å²) in [5.41, 5.74) is 2.09. The van der Waals surface area contributed by atoms with Gasteiger partial charge in [-0.3, -0.25) is 4.79 Å². The Bertz CT molecular complexity index is 1120. The summed E-state index contributed by atoms with van der Waals surface area (Å²) in [6, 6.07) is 12.2. The van der Waals surface area contributed by atoms with Crippen LogP contribution in [0.3, 0.4) is 0 Å². The second-order valence-electron chi connectivity index (χ2n) is 6.19. The zero-order valence-electron chi connectivity index (χ0n) is 15.1. The van der Waals surface area contributed by atoms with Gasteiger partial charge in [0.2, 0.25) is 10.0 Å². The van der Waals surface area contributed by atoms with Crippen LogP contribution in [0.15, 0.2) is 51.8 Å². The minimum atomic E-state index is -3.66. The number of hydrogen-bond donors (Lipinski definition) is 1. The third-order valence-corrected chi connectivity index (χ3v) is 7.05. The van der Waals surface area contributed by atoms with E-state index in [1.54, 1.807) is 12.1 Å². The second-order valence-corrected chi connectivity index (χ2v) is 9.17. The van der Waals surface area contributed by atoms with Crippen LogP contribution in [0.1, 0.15) is 16.2 Å². The van der Waals surface area contributed by atoms with E-state index in [9.17, 15) is 13.2 Å². The Morgan fingerprint density at radius 1 is 1.22 bits per heavy atom. The number of amides is 1. The predicted molar refractivity (Wildman–Crippen MR) is 107 cm³/mol. The number of carbonyl (C=O) groups excluding carboxylic acids is 1. The Morgan fingerprint density at radius 3 is 2.59 bits per heavy atom. The molecule has 0 spiro atoms. The Labute approximate surface area is 166 Å². The van der Waals surface area contributed by atoms with Gasteiger partial charge in [0.1, 0.15) is 5.82 Å². The lowest BCUT2D eigenvalue weighted by Crippen LogP contribution is -2.26. The van der Waals surface area contributed by atoms with Crippen molar-refractivity contribution in [1.29, 1.82) is 0 Å². The fourth-order valence-electron chi connectivity index (χ4n) is 2.65. The first-order valence-electron chi connectivity index (χ1n) is 8.12. The fourth-order valence-corrected chi connectivity index (χ4v) is 4.50. The number of rotatable bonds is 5. The number of fused-ring (bicyclic) bond motifs is 1. The zero-order valence-corrected chi connectivity index (χ0v) is 17.5. The van der Waals surface area contributed by atoms with Crippen molar-refractivity contribution < 1.29 is 13.2 Å². The van der Waals surface area contributed by atoms with Crippen molar-refractivity contribution in [2.75, 3.05) is 14.1 Å². The topological polar surface area (TPSA) is 84.3 Å². The minimum absolute atomic E-state index is 0.0443. The minimum Gasteiger partial charge on any atom is -0.345 e. The van der Waals surface area contributed by atoms with Crippen LogP contribution in [0, 0.1) is 0 Å². The summed E-state index contributed by atoms with van der Waals surface area (Å²) in [6.45, 7) is 0.232. The number of para-hydroxylation sites is 2. The van der Waals surface area contributed by atoms with E-state index in [0.29, 0.717) is 10.3 Å². The molecule has 1 N–H and O–H groups in total. The molecule has 2 aromatic carbocycles. The molecular weight excluding hydrogens is 432 g/mol. The highest BCUT2D eigenvalue weighted by atomic mass is 79.9. The van der Waals surface area contributed by atoms with Crippen molar-refractivity contribution in [2.45, 2.75) is 11.4 Å². The molecular formula is C18H19BrN4O3S. The van der Waals surface area contributed by atoms with Gasteiger partial charge < -0.3 is 9.88 Å². The van der Waals surface area contributed by atoms with Gasteiger partial charge in [0.15, 0.2) is 0 Å². The number of imidazole rings is 1. The van der Waals surface area contributed by atoms with Crippen LogP contribution >= 0.6 is 15.9 Å². The smallest absolute Gasteiger partial charge is 0.251 e. The lowest BCUT2D eigenvalue weighted by atomic mass is 10.2. The van der Waals surface area contributed by atoms with Crippen molar-refractivity contribution >= 4 is 42.9 Å². The van der Waals surface area contributed by atoms with Gasteiger partial charge in [0.25, 0.3) is 5.91 Å². The summed E-state index contributed by atoms with van der Waals surface area (Å²) < 4.78 is 28.2. The van der Waals surface area contributed by atoms with Gasteiger partial charge in [0, 0.05) is 31.2 Å². The molecule has 0 bridgehead atoms. The first-order chi connectivity index (χ1) is 12.7. The van der Waals surface area contributed by atoms with Crippen LogP contribution in [-0.4, -0.2) is 42.3 Å². The largest absolute Gasteiger partial charge is 0.345 e. The molecule has 27 heavy (non-hydrogen) atoms. The summed E-state index contributed by atoms with van der Waals surface area (Å²) in [7, 11) is 1.11. The Balaban J connectivity index is 1.83. The predicted octanol–water partition coefficient (Wildman–Crippen LogP) is 2.52. The molecule has 7 nitrogen and oxygen atoms in total. The van der Waals surface area contributed by atoms with Gasteiger partial charge in [-0.15, -0.1) is 0 Å². The number of sulfonamides is 1. The summed E-state index contributed by atoms with van der Waals surface area (Å²) in [5, 5.41) is 2.80. The van der Waals surface area contributed by atoms with Crippen LogP contribution in [0.25, 0.3) is 11.0 Å². The molecule has 1 amide bonds. The fraction of sp³-hybridized carbons (Fsp3) is 0.222. The summed E-state index contributed by atoms with van der Waals surface area (Å²) in [4.78, 5) is 17.1. The van der Waals surface area contributed by atoms with Gasteiger partial charge in [-0.05, 0) is 46.3 Å². The molecule has 0 radical (unpaired) electrons. The number of nitrogens with zero attached hydrogens (tertiary/aromatic N) is 3. The molecule has 0 atom stereocenters. The van der Waals surface area contributed by atoms with E-state index < -0.39 is 10.0 Å². The van der Waals surface area contributed by atoms with Gasteiger partial charge >= 0.3 is 0 Å². The van der Waals surface area contributed by atoms with Gasteiger partial charge in [-0.1, -0.05) is 12.1 Å². The zero-order chi connectivity index (χ0) is 19.8. The van der Waals surface area contributed by atoms with Crippen molar-refractivity contribution in [3.05, 3.63) is 58.3 Å². The number of hydrogen-bond acceptors (Lipinski definition) is 4. The Hall–Kier alpha value is -2.23. The highest BCUT2D eigenvalue weighted by molar-refractivity contribution is 9.10. The highest BCUT2D eigenvalue weighted by Gasteiger charge is 2.22. The average Bonchev–Trinajstić information content (AvgIpc) is 2.96. The first kappa shape index (κ1) is 19.5. The van der Waals surface area contributed by atoms with E-state index in [-0.39, 0.29) is 22.9 Å². The number of carbonyl (C=O) groups is 1. The van der Waals surface area contributed by atoms with Crippen molar-refractivity contribution in [3.8, 4) is 0 Å². The maximum atomic E-state index is 12.5. The van der Waals surface area contributed by atoms with Gasteiger partial charge in [0.05, 0.1) is 22.5 Å². The molecule has 0 fully saturated rings. The van der Waals surface area contributed by atoms with E-state index in [1.165, 1.54) is 20.2 Å². The summed E-state index contributed by atoms with van der Waals surface area (Å²) in [5.74, 6) is 0.340. The molecule has 0 aliphatic heterocycles. The van der Waals surface area contributed by atoms with Gasteiger partial charge in [-0.25, -0.2) is 17.7 Å². The Morgan fingerprint density at radius 2 is 1.93 bits per heavy atom. The van der Waals surface area contributed by atoms with Crippen LogP contribution in [0.2, 0.25) is 0 Å². The third-order valence-electron chi connectivity index (χ3n) is 4.24. The molecule has 0 aliphatic carbocycles. The highest BCUT2D eigenvalue weighted by Crippen LogP contribution is 2.25. The van der Waals surface area contributed by atoms with E-state index in [2.05, 4.69) is 26.2 Å². The molecule has 142 valence electrons. The lowest BCUT2D eigenvalue weighted by molar-refractivity contribution is 0.0949. The normalized spacial score (nSPS) is 11.9. The van der Waals surface area contributed by atoms with E-state index in [1.807, 2.05) is 35.9 Å². The molecule has 3 aromatic rings. The molecule has 0 saturated heterocycles. The Kier molecular flexibility index (Phi) is 5.36. The molecule has 1 aromatic heterocycles. The first-order valence-corrected chi connectivity index (χ1v) is 10.4. The molecule has 0 saturated carbocycles. The molecule has 0 aliphatic rings. The average molecular weight is 451 g/mol. The summed E-state index contributed by atoms with van der Waals surface area (Å²) >= 11 is 3.24. The maximum absolute atomic E-state index is 12.5. The maximum Gasteiger partial charge on any atom is 0.251 e. The third kappa shape index (κ3) is 3.76. The number of benzene rings is 2. The number of halogens is 1. The van der Waals surface area contributed by atoms with Crippen LogP contribution < -0.4 is 5.32 Å².